The summed E-state index contributed by atoms with van der Waals surface area (Å²) in [6.45, 7) is 8.15. The molecule has 0 radical (unpaired) electrons. The van der Waals surface area contributed by atoms with Crippen molar-refractivity contribution in [3.05, 3.63) is 47.8 Å². The van der Waals surface area contributed by atoms with Crippen molar-refractivity contribution in [1.29, 1.82) is 0 Å². The van der Waals surface area contributed by atoms with Gasteiger partial charge < -0.3 is 14.5 Å². The van der Waals surface area contributed by atoms with Crippen molar-refractivity contribution in [2.75, 3.05) is 53.9 Å². The minimum absolute atomic E-state index is 0.226. The van der Waals surface area contributed by atoms with Gasteiger partial charge in [-0.3, -0.25) is 14.4 Å². The Morgan fingerprint density at radius 3 is 2.75 bits per heavy atom. The predicted molar refractivity (Wildman–Crippen MR) is 128 cm³/mol. The zero-order valence-electron chi connectivity index (χ0n) is 20.2. The highest BCUT2D eigenvalue weighted by molar-refractivity contribution is 5.76. The number of rotatable bonds is 11. The molecule has 32 heavy (non-hydrogen) atoms. The van der Waals surface area contributed by atoms with Crippen LogP contribution < -0.4 is 4.74 Å². The molecular formula is C25H39N5O2. The van der Waals surface area contributed by atoms with Crippen LogP contribution in [0.1, 0.15) is 30.5 Å². The number of hydrogen-bond donors (Lipinski definition) is 0. The maximum Gasteiger partial charge on any atom is 0.224 e. The van der Waals surface area contributed by atoms with Crippen LogP contribution in [-0.2, 0) is 17.9 Å². The SMILES string of the molecule is COc1ccccc1CN1CCCC(CN(CCN(C)C)C(=O)CCn2nccc2C)C1. The Hall–Kier alpha value is -2.38. The van der Waals surface area contributed by atoms with E-state index in [9.17, 15) is 4.79 Å². The molecule has 2 aromatic rings. The molecule has 7 nitrogen and oxygen atoms in total. The van der Waals surface area contributed by atoms with Gasteiger partial charge >= 0.3 is 0 Å². The van der Waals surface area contributed by atoms with Gasteiger partial charge in [-0.1, -0.05) is 18.2 Å². The Balaban J connectivity index is 1.58. The lowest BCUT2D eigenvalue weighted by molar-refractivity contribution is -0.132. The van der Waals surface area contributed by atoms with Crippen LogP contribution in [0.5, 0.6) is 5.75 Å². The molecule has 1 amide bonds. The molecule has 1 aliphatic rings. The Morgan fingerprint density at radius 2 is 2.03 bits per heavy atom. The fourth-order valence-electron chi connectivity index (χ4n) is 4.46. The number of methoxy groups -OCH3 is 1. The van der Waals surface area contributed by atoms with Gasteiger partial charge in [-0.15, -0.1) is 0 Å². The van der Waals surface area contributed by atoms with E-state index < -0.39 is 0 Å². The van der Waals surface area contributed by atoms with E-state index in [1.54, 1.807) is 13.3 Å². The number of carbonyl (C=O) groups excluding carboxylic acids is 1. The molecule has 7 heteroatoms. The van der Waals surface area contributed by atoms with Gasteiger partial charge in [-0.2, -0.15) is 5.10 Å². The highest BCUT2D eigenvalue weighted by Crippen LogP contribution is 2.24. The number of ether oxygens (including phenoxy) is 1. The third kappa shape index (κ3) is 7.07. The van der Waals surface area contributed by atoms with E-state index in [0.29, 0.717) is 18.9 Å². The van der Waals surface area contributed by atoms with Gasteiger partial charge in [-0.25, -0.2) is 0 Å². The predicted octanol–water partition coefficient (Wildman–Crippen LogP) is 2.89. The number of hydrogen-bond acceptors (Lipinski definition) is 5. The van der Waals surface area contributed by atoms with Crippen LogP contribution in [0.3, 0.4) is 0 Å². The molecule has 1 aliphatic heterocycles. The lowest BCUT2D eigenvalue weighted by Gasteiger charge is -2.36. The van der Waals surface area contributed by atoms with Gasteiger partial charge in [0.1, 0.15) is 5.75 Å². The number of benzene rings is 1. The van der Waals surface area contributed by atoms with Crippen molar-refractivity contribution in [2.45, 2.75) is 39.3 Å². The van der Waals surface area contributed by atoms with Gasteiger partial charge in [0, 0.05) is 63.1 Å². The molecule has 0 saturated carbocycles. The fourth-order valence-corrected chi connectivity index (χ4v) is 4.46. The lowest BCUT2D eigenvalue weighted by atomic mass is 9.96. The summed E-state index contributed by atoms with van der Waals surface area (Å²) in [7, 11) is 5.85. The number of carbonyl (C=O) groups is 1. The van der Waals surface area contributed by atoms with E-state index in [0.717, 1.165) is 50.7 Å². The first-order valence-corrected chi connectivity index (χ1v) is 11.7. The van der Waals surface area contributed by atoms with Crippen LogP contribution in [0.25, 0.3) is 0 Å². The van der Waals surface area contributed by atoms with E-state index in [1.807, 2.05) is 29.8 Å². The molecule has 0 aliphatic carbocycles. The van der Waals surface area contributed by atoms with Crippen molar-refractivity contribution >= 4 is 5.91 Å². The number of likely N-dealkylation sites (N-methyl/N-ethyl adjacent to an activating group) is 1. The summed E-state index contributed by atoms with van der Waals surface area (Å²) in [4.78, 5) is 19.9. The van der Waals surface area contributed by atoms with Crippen LogP contribution in [0.15, 0.2) is 36.5 Å². The van der Waals surface area contributed by atoms with Gasteiger partial charge in [0.2, 0.25) is 5.91 Å². The summed E-state index contributed by atoms with van der Waals surface area (Å²) in [5, 5.41) is 4.32. The summed E-state index contributed by atoms with van der Waals surface area (Å²) < 4.78 is 7.45. The molecule has 0 bridgehead atoms. The summed E-state index contributed by atoms with van der Waals surface area (Å²) in [6, 6.07) is 10.2. The number of amides is 1. The van der Waals surface area contributed by atoms with Crippen LogP contribution in [-0.4, -0.2) is 84.3 Å². The summed E-state index contributed by atoms with van der Waals surface area (Å²) in [6.07, 6.45) is 4.63. The Kier molecular flexibility index (Phi) is 9.11. The van der Waals surface area contributed by atoms with Crippen molar-refractivity contribution < 1.29 is 9.53 Å². The zero-order chi connectivity index (χ0) is 22.9. The number of aryl methyl sites for hydroxylation is 2. The molecule has 2 heterocycles. The first-order valence-electron chi connectivity index (χ1n) is 11.7. The first-order chi connectivity index (χ1) is 15.5. The largest absolute Gasteiger partial charge is 0.496 e. The Labute approximate surface area is 192 Å². The monoisotopic (exact) mass is 441 g/mol. The first kappa shape index (κ1) is 24.3. The number of aromatic nitrogens is 2. The van der Waals surface area contributed by atoms with Crippen molar-refractivity contribution in [3.8, 4) is 5.75 Å². The van der Waals surface area contributed by atoms with Gasteiger partial charge in [-0.05, 0) is 58.5 Å². The van der Waals surface area contributed by atoms with Crippen molar-refractivity contribution in [3.63, 3.8) is 0 Å². The molecule has 1 unspecified atom stereocenters. The molecular weight excluding hydrogens is 402 g/mol. The van der Waals surface area contributed by atoms with Gasteiger partial charge in [0.15, 0.2) is 0 Å². The quantitative estimate of drug-likeness (QED) is 0.537. The number of piperidine rings is 1. The fraction of sp³-hybridized carbons (Fsp3) is 0.600. The molecule has 3 rings (SSSR count). The number of para-hydroxylation sites is 1. The molecule has 0 spiro atoms. The molecule has 1 atom stereocenters. The smallest absolute Gasteiger partial charge is 0.224 e. The van der Waals surface area contributed by atoms with Crippen LogP contribution >= 0.6 is 0 Å². The average molecular weight is 442 g/mol. The number of nitrogens with zero attached hydrogens (tertiary/aromatic N) is 5. The molecule has 1 aromatic carbocycles. The highest BCUT2D eigenvalue weighted by Gasteiger charge is 2.25. The normalized spacial score (nSPS) is 17.0. The van der Waals surface area contributed by atoms with E-state index in [1.165, 1.54) is 18.4 Å². The summed E-state index contributed by atoms with van der Waals surface area (Å²) in [5.74, 6) is 1.67. The second-order valence-electron chi connectivity index (χ2n) is 9.14. The molecule has 0 N–H and O–H groups in total. The lowest BCUT2D eigenvalue weighted by Crippen LogP contribution is -2.44. The molecule has 1 aromatic heterocycles. The highest BCUT2D eigenvalue weighted by atomic mass is 16.5. The summed E-state index contributed by atoms with van der Waals surface area (Å²) >= 11 is 0. The standard InChI is InChI=1S/C25H39N5O2/c1-21-11-13-26-30(21)15-12-25(31)29(17-16-27(2)3)19-22-8-7-14-28(18-22)20-23-9-5-6-10-24(23)32-4/h5-6,9-11,13,22H,7-8,12,14-20H2,1-4H3. The molecule has 176 valence electrons. The van der Waals surface area contributed by atoms with E-state index in [-0.39, 0.29) is 5.91 Å². The topological polar surface area (TPSA) is 53.8 Å². The minimum Gasteiger partial charge on any atom is -0.496 e. The van der Waals surface area contributed by atoms with E-state index in [4.69, 9.17) is 4.74 Å². The molecule has 1 saturated heterocycles. The maximum absolute atomic E-state index is 13.1. The second-order valence-corrected chi connectivity index (χ2v) is 9.14. The third-order valence-corrected chi connectivity index (χ3v) is 6.30. The van der Waals surface area contributed by atoms with E-state index >= 15 is 0 Å². The average Bonchev–Trinajstić information content (AvgIpc) is 3.20. The minimum atomic E-state index is 0.226. The van der Waals surface area contributed by atoms with Crippen LogP contribution in [0.2, 0.25) is 0 Å². The second kappa shape index (κ2) is 12.0. The van der Waals surface area contributed by atoms with Crippen molar-refractivity contribution in [2.24, 2.45) is 5.92 Å². The Bertz CT molecular complexity index is 850. The zero-order valence-corrected chi connectivity index (χ0v) is 20.2. The third-order valence-electron chi connectivity index (χ3n) is 6.30. The summed E-state index contributed by atoms with van der Waals surface area (Å²) in [5.41, 5.74) is 2.32. The van der Waals surface area contributed by atoms with Crippen molar-refractivity contribution in [1.82, 2.24) is 24.5 Å². The van der Waals surface area contributed by atoms with Crippen LogP contribution in [0.4, 0.5) is 0 Å². The van der Waals surface area contributed by atoms with Crippen LogP contribution in [0, 0.1) is 12.8 Å². The Morgan fingerprint density at radius 1 is 1.22 bits per heavy atom. The van der Waals surface area contributed by atoms with Gasteiger partial charge in [0.05, 0.1) is 7.11 Å². The van der Waals surface area contributed by atoms with Gasteiger partial charge in [0.25, 0.3) is 0 Å². The van der Waals surface area contributed by atoms with E-state index in [2.05, 4.69) is 46.0 Å². The number of likely N-dealkylation sites (tertiary alicyclic amines) is 1. The molecule has 1 fully saturated rings. The maximum atomic E-state index is 13.1.